The zero-order valence-corrected chi connectivity index (χ0v) is 14.6. The molecule has 0 aliphatic heterocycles. The number of aliphatic hydroxyl groups is 1. The van der Waals surface area contributed by atoms with Gasteiger partial charge in [0, 0.05) is 0 Å². The molecule has 0 aromatic heterocycles. The van der Waals surface area contributed by atoms with Crippen LogP contribution in [-0.2, 0) is 4.79 Å². The summed E-state index contributed by atoms with van der Waals surface area (Å²) in [6, 6.07) is 0. The average Bonchev–Trinajstić information content (AvgIpc) is 2.94. The van der Waals surface area contributed by atoms with Crippen LogP contribution >= 0.6 is 0 Å². The fraction of sp³-hybridized carbons (Fsp3) is 0.950. The first-order valence-corrected chi connectivity index (χ1v) is 9.60. The van der Waals surface area contributed by atoms with Crippen LogP contribution < -0.4 is 0 Å². The van der Waals surface area contributed by atoms with Gasteiger partial charge in [0.25, 0.3) is 0 Å². The van der Waals surface area contributed by atoms with E-state index in [1.807, 2.05) is 6.92 Å². The zero-order chi connectivity index (χ0) is 16.4. The van der Waals surface area contributed by atoms with Crippen LogP contribution in [0.1, 0.15) is 65.7 Å². The third kappa shape index (κ3) is 1.38. The van der Waals surface area contributed by atoms with Crippen molar-refractivity contribution in [2.75, 3.05) is 0 Å². The summed E-state index contributed by atoms with van der Waals surface area (Å²) in [6.45, 7) is 6.72. The second kappa shape index (κ2) is 3.81. The summed E-state index contributed by atoms with van der Waals surface area (Å²) in [6.07, 6.45) is 7.33. The van der Waals surface area contributed by atoms with Crippen LogP contribution in [0.25, 0.3) is 0 Å². The molecule has 0 heterocycles. The van der Waals surface area contributed by atoms with Crippen LogP contribution in [0.4, 0.5) is 0 Å². The molecule has 0 aromatic carbocycles. The molecule has 2 N–H and O–H groups in total. The molecule has 6 aliphatic rings. The van der Waals surface area contributed by atoms with Crippen LogP contribution in [0.5, 0.6) is 0 Å². The predicted octanol–water partition coefficient (Wildman–Crippen LogP) is 3.70. The third-order valence-corrected chi connectivity index (χ3v) is 10.0. The molecule has 6 saturated carbocycles. The Balaban J connectivity index is 1.57. The summed E-state index contributed by atoms with van der Waals surface area (Å²) >= 11 is 0. The Kier molecular flexibility index (Phi) is 2.45. The second-order valence-electron chi connectivity index (χ2n) is 10.5. The molecular weight excluding hydrogens is 288 g/mol. The third-order valence-electron chi connectivity index (χ3n) is 10.0. The Morgan fingerprint density at radius 2 is 1.74 bits per heavy atom. The van der Waals surface area contributed by atoms with Gasteiger partial charge in [0.05, 0.1) is 11.5 Å². The SMILES string of the molecule is C[C@@]12CC[C@@H](O)[C@](C)(C(=O)O)[C@H]1CC[C@@]13C[C@H]4[C@@H](C[C@H]12)[C@@]4(C)C3. The van der Waals surface area contributed by atoms with Gasteiger partial charge in [-0.3, -0.25) is 4.79 Å². The number of hydrogen-bond acceptors (Lipinski definition) is 2. The molecule has 0 unspecified atom stereocenters. The van der Waals surface area contributed by atoms with Gasteiger partial charge in [0.2, 0.25) is 0 Å². The fourth-order valence-corrected chi connectivity index (χ4v) is 8.82. The van der Waals surface area contributed by atoms with E-state index in [1.54, 1.807) is 0 Å². The first kappa shape index (κ1) is 14.7. The Hall–Kier alpha value is -0.570. The van der Waals surface area contributed by atoms with Gasteiger partial charge in [-0.25, -0.2) is 0 Å². The molecule has 1 spiro atoms. The van der Waals surface area contributed by atoms with Crippen molar-refractivity contribution in [1.29, 1.82) is 0 Å². The molecule has 0 saturated heterocycles. The van der Waals surface area contributed by atoms with E-state index in [1.165, 1.54) is 25.7 Å². The van der Waals surface area contributed by atoms with Crippen molar-refractivity contribution in [3.05, 3.63) is 0 Å². The van der Waals surface area contributed by atoms with Crippen molar-refractivity contribution in [3.63, 3.8) is 0 Å². The minimum absolute atomic E-state index is 0.111. The van der Waals surface area contributed by atoms with E-state index in [0.29, 0.717) is 23.2 Å². The molecule has 128 valence electrons. The van der Waals surface area contributed by atoms with E-state index in [-0.39, 0.29) is 11.3 Å². The molecule has 9 atom stereocenters. The molecule has 3 heteroatoms. The Bertz CT molecular complexity index is 602. The summed E-state index contributed by atoms with van der Waals surface area (Å²) in [5.74, 6) is 1.92. The largest absolute Gasteiger partial charge is 0.481 e. The van der Waals surface area contributed by atoms with Gasteiger partial charge in [-0.1, -0.05) is 13.8 Å². The van der Waals surface area contributed by atoms with E-state index in [9.17, 15) is 15.0 Å². The van der Waals surface area contributed by atoms with Gasteiger partial charge < -0.3 is 10.2 Å². The maximum atomic E-state index is 12.1. The first-order valence-electron chi connectivity index (χ1n) is 9.60. The van der Waals surface area contributed by atoms with Crippen LogP contribution in [0.3, 0.4) is 0 Å². The molecule has 6 aliphatic carbocycles. The van der Waals surface area contributed by atoms with Gasteiger partial charge >= 0.3 is 5.97 Å². The van der Waals surface area contributed by atoms with E-state index in [4.69, 9.17) is 0 Å². The van der Waals surface area contributed by atoms with Crippen LogP contribution in [0, 0.1) is 45.3 Å². The molecule has 23 heavy (non-hydrogen) atoms. The lowest BCUT2D eigenvalue weighted by molar-refractivity contribution is -0.209. The van der Waals surface area contributed by atoms with E-state index < -0.39 is 17.5 Å². The molecule has 4 bridgehead atoms. The molecule has 6 rings (SSSR count). The Morgan fingerprint density at radius 3 is 2.35 bits per heavy atom. The monoisotopic (exact) mass is 318 g/mol. The fourth-order valence-electron chi connectivity index (χ4n) is 8.82. The Morgan fingerprint density at radius 1 is 1.00 bits per heavy atom. The van der Waals surface area contributed by atoms with Gasteiger partial charge in [-0.05, 0) is 91.8 Å². The summed E-state index contributed by atoms with van der Waals surface area (Å²) < 4.78 is 0. The molecule has 6 fully saturated rings. The van der Waals surface area contributed by atoms with E-state index in [2.05, 4.69) is 13.8 Å². The molecule has 3 nitrogen and oxygen atoms in total. The molecule has 0 aromatic rings. The normalized spacial score (nSPS) is 65.7. The molecule has 0 amide bonds. The van der Waals surface area contributed by atoms with Crippen LogP contribution in [-0.4, -0.2) is 22.3 Å². The van der Waals surface area contributed by atoms with Crippen molar-refractivity contribution in [2.45, 2.75) is 71.8 Å². The van der Waals surface area contributed by atoms with Crippen LogP contribution in [0.2, 0.25) is 0 Å². The van der Waals surface area contributed by atoms with Crippen LogP contribution in [0.15, 0.2) is 0 Å². The van der Waals surface area contributed by atoms with Crippen molar-refractivity contribution in [1.82, 2.24) is 0 Å². The highest BCUT2D eigenvalue weighted by atomic mass is 16.4. The summed E-state index contributed by atoms with van der Waals surface area (Å²) in [4.78, 5) is 12.1. The van der Waals surface area contributed by atoms with Gasteiger partial charge in [0.1, 0.15) is 0 Å². The van der Waals surface area contributed by atoms with E-state index in [0.717, 1.165) is 24.7 Å². The maximum absolute atomic E-state index is 12.1. The van der Waals surface area contributed by atoms with Crippen molar-refractivity contribution in [3.8, 4) is 0 Å². The zero-order valence-electron chi connectivity index (χ0n) is 14.6. The standard InChI is InChI=1S/C20H30O3/c1-17-6-5-15(21)19(3,16(22)23)13(17)4-7-20-9-12-11(8-14(17)20)18(12,2)10-20/h11-15,21H,4-10H2,1-3H3,(H,22,23)/t11-,12+,13+,14+,15-,17-,18-,19-,20+/m1/s1. The first-order chi connectivity index (χ1) is 10.7. The average molecular weight is 318 g/mol. The van der Waals surface area contributed by atoms with Crippen molar-refractivity contribution >= 4 is 5.97 Å². The lowest BCUT2D eigenvalue weighted by Gasteiger charge is -2.65. The quantitative estimate of drug-likeness (QED) is 0.775. The predicted molar refractivity (Wildman–Crippen MR) is 86.7 cm³/mol. The molecule has 0 radical (unpaired) electrons. The summed E-state index contributed by atoms with van der Waals surface area (Å²) in [5.41, 5.74) is 0.284. The topological polar surface area (TPSA) is 57.5 Å². The number of rotatable bonds is 1. The summed E-state index contributed by atoms with van der Waals surface area (Å²) in [7, 11) is 0. The van der Waals surface area contributed by atoms with Crippen molar-refractivity contribution < 1.29 is 15.0 Å². The van der Waals surface area contributed by atoms with Gasteiger partial charge in [-0.15, -0.1) is 0 Å². The highest BCUT2D eigenvalue weighted by Gasteiger charge is 2.79. The lowest BCUT2D eigenvalue weighted by atomic mass is 9.39. The number of fused-ring (bicyclic) bond motifs is 1. The number of hydrogen-bond donors (Lipinski definition) is 2. The highest BCUT2D eigenvalue weighted by molar-refractivity contribution is 5.76. The van der Waals surface area contributed by atoms with E-state index >= 15 is 0 Å². The Labute approximate surface area is 138 Å². The number of carbonyl (C=O) groups is 1. The number of aliphatic carboxylic acids is 1. The summed E-state index contributed by atoms with van der Waals surface area (Å²) in [5, 5.41) is 20.5. The van der Waals surface area contributed by atoms with Crippen molar-refractivity contribution in [2.24, 2.45) is 45.3 Å². The van der Waals surface area contributed by atoms with Gasteiger partial charge in [0.15, 0.2) is 0 Å². The lowest BCUT2D eigenvalue weighted by Crippen LogP contribution is -2.63. The second-order valence-corrected chi connectivity index (χ2v) is 10.5. The molecular formula is C20H30O3. The number of carboxylic acid groups (broad SMARTS) is 1. The minimum Gasteiger partial charge on any atom is -0.481 e. The number of carboxylic acids is 1. The van der Waals surface area contributed by atoms with Gasteiger partial charge in [-0.2, -0.15) is 0 Å². The highest BCUT2D eigenvalue weighted by Crippen LogP contribution is 2.85. The smallest absolute Gasteiger partial charge is 0.312 e. The maximum Gasteiger partial charge on any atom is 0.312 e. The number of aliphatic hydroxyl groups excluding tert-OH is 1. The minimum atomic E-state index is -0.956.